The van der Waals surface area contributed by atoms with Crippen LogP contribution in [-0.2, 0) is 0 Å². The van der Waals surface area contributed by atoms with Gasteiger partial charge in [0.25, 0.3) is 0 Å². The highest BCUT2D eigenvalue weighted by molar-refractivity contribution is 5.47. The Morgan fingerprint density at radius 3 is 2.13 bits per heavy atom. The van der Waals surface area contributed by atoms with Crippen molar-refractivity contribution in [2.24, 2.45) is 5.73 Å². The molecule has 1 aromatic carbocycles. The van der Waals surface area contributed by atoms with E-state index in [1.165, 1.54) is 0 Å². The number of hydrogen-bond donors (Lipinski definition) is 1. The second kappa shape index (κ2) is 5.71. The normalized spacial score (nSPS) is 12.5. The maximum absolute atomic E-state index is 12.3. The summed E-state index contributed by atoms with van der Waals surface area (Å²) in [4.78, 5) is 2.24. The number of rotatable bonds is 5. The zero-order chi connectivity index (χ0) is 11.3. The average molecular weight is 210 g/mol. The molecule has 0 bridgehead atoms. The summed E-state index contributed by atoms with van der Waals surface area (Å²) in [6.45, 7) is 5.68. The van der Waals surface area contributed by atoms with Crippen molar-refractivity contribution in [1.82, 2.24) is 0 Å². The Labute approximate surface area is 90.9 Å². The van der Waals surface area contributed by atoms with Crippen molar-refractivity contribution >= 4 is 5.69 Å². The van der Waals surface area contributed by atoms with Gasteiger partial charge in [0.2, 0.25) is 0 Å². The van der Waals surface area contributed by atoms with Crippen LogP contribution in [0.25, 0.3) is 0 Å². The van der Waals surface area contributed by atoms with Crippen molar-refractivity contribution in [3.8, 4) is 0 Å². The van der Waals surface area contributed by atoms with E-state index in [0.29, 0.717) is 0 Å². The molecule has 0 aliphatic carbocycles. The predicted octanol–water partition coefficient (Wildman–Crippen LogP) is 2.50. The maximum atomic E-state index is 12.3. The first kappa shape index (κ1) is 12.0. The molecule has 0 unspecified atom stereocenters. The van der Waals surface area contributed by atoms with Gasteiger partial charge in [0.05, 0.1) is 6.04 Å². The lowest BCUT2D eigenvalue weighted by atomic mass is 10.1. The van der Waals surface area contributed by atoms with E-state index in [0.717, 1.165) is 24.3 Å². The van der Waals surface area contributed by atoms with Gasteiger partial charge in [0, 0.05) is 18.8 Å². The highest BCUT2D eigenvalue weighted by Crippen LogP contribution is 2.18. The maximum Gasteiger partial charge on any atom is 0.109 e. The van der Waals surface area contributed by atoms with Crippen LogP contribution in [0.3, 0.4) is 0 Å². The Morgan fingerprint density at radius 1 is 1.20 bits per heavy atom. The Bertz CT molecular complexity index is 280. The van der Waals surface area contributed by atoms with Crippen molar-refractivity contribution in [3.63, 3.8) is 0 Å². The molecule has 0 aliphatic heterocycles. The van der Waals surface area contributed by atoms with Gasteiger partial charge in [-0.3, -0.25) is 0 Å². The Kier molecular flexibility index (Phi) is 4.56. The molecule has 84 valence electrons. The van der Waals surface area contributed by atoms with Crippen LogP contribution in [-0.4, -0.2) is 19.8 Å². The predicted molar refractivity (Wildman–Crippen MR) is 62.9 cm³/mol. The van der Waals surface area contributed by atoms with E-state index < -0.39 is 12.7 Å². The molecule has 1 atom stereocenters. The molecular formula is C12H19FN2. The van der Waals surface area contributed by atoms with E-state index in [1.807, 2.05) is 24.3 Å². The average Bonchev–Trinajstić information content (AvgIpc) is 2.30. The zero-order valence-electron chi connectivity index (χ0n) is 9.41. The number of anilines is 1. The fraction of sp³-hybridized carbons (Fsp3) is 0.500. The number of halogens is 1. The third kappa shape index (κ3) is 2.93. The lowest BCUT2D eigenvalue weighted by molar-refractivity contribution is 0.437. The number of benzene rings is 1. The van der Waals surface area contributed by atoms with E-state index in [4.69, 9.17) is 5.73 Å². The third-order valence-electron chi connectivity index (χ3n) is 2.62. The summed E-state index contributed by atoms with van der Waals surface area (Å²) in [5.41, 5.74) is 7.61. The van der Waals surface area contributed by atoms with Crippen molar-refractivity contribution in [2.45, 2.75) is 19.9 Å². The number of nitrogens with zero attached hydrogens (tertiary/aromatic N) is 1. The summed E-state index contributed by atoms with van der Waals surface area (Å²) in [5.74, 6) is 0. The quantitative estimate of drug-likeness (QED) is 0.809. The first-order valence-corrected chi connectivity index (χ1v) is 5.39. The van der Waals surface area contributed by atoms with Crippen LogP contribution in [0.2, 0.25) is 0 Å². The number of alkyl halides is 1. The summed E-state index contributed by atoms with van der Waals surface area (Å²) in [7, 11) is 0. The second-order valence-corrected chi connectivity index (χ2v) is 3.52. The fourth-order valence-corrected chi connectivity index (χ4v) is 1.61. The van der Waals surface area contributed by atoms with E-state index >= 15 is 0 Å². The molecule has 0 fully saturated rings. The molecule has 2 N–H and O–H groups in total. The van der Waals surface area contributed by atoms with Gasteiger partial charge >= 0.3 is 0 Å². The van der Waals surface area contributed by atoms with Crippen LogP contribution in [0.4, 0.5) is 10.1 Å². The summed E-state index contributed by atoms with van der Waals surface area (Å²) < 4.78 is 12.3. The van der Waals surface area contributed by atoms with Gasteiger partial charge in [-0.1, -0.05) is 12.1 Å². The first-order valence-electron chi connectivity index (χ1n) is 5.39. The number of nitrogens with two attached hydrogens (primary N) is 1. The minimum absolute atomic E-state index is 0.490. The van der Waals surface area contributed by atoms with Crippen molar-refractivity contribution < 1.29 is 4.39 Å². The molecule has 0 heterocycles. The SMILES string of the molecule is CCN(CC)c1ccc([C@@H](N)CF)cc1. The third-order valence-corrected chi connectivity index (χ3v) is 2.62. The van der Waals surface area contributed by atoms with Crippen LogP contribution in [0, 0.1) is 0 Å². The summed E-state index contributed by atoms with van der Waals surface area (Å²) in [6.07, 6.45) is 0. The van der Waals surface area contributed by atoms with E-state index in [9.17, 15) is 4.39 Å². The van der Waals surface area contributed by atoms with Gasteiger partial charge in [-0.05, 0) is 31.5 Å². The van der Waals surface area contributed by atoms with E-state index in [2.05, 4.69) is 18.7 Å². The highest BCUT2D eigenvalue weighted by Gasteiger charge is 2.06. The van der Waals surface area contributed by atoms with Gasteiger partial charge in [0.15, 0.2) is 0 Å². The molecule has 2 nitrogen and oxygen atoms in total. The summed E-state index contributed by atoms with van der Waals surface area (Å²) in [5, 5.41) is 0. The first-order chi connectivity index (χ1) is 7.22. The van der Waals surface area contributed by atoms with Crippen LogP contribution in [0.15, 0.2) is 24.3 Å². The van der Waals surface area contributed by atoms with Crippen molar-refractivity contribution in [3.05, 3.63) is 29.8 Å². The summed E-state index contributed by atoms with van der Waals surface area (Å²) in [6, 6.07) is 7.31. The highest BCUT2D eigenvalue weighted by atomic mass is 19.1. The van der Waals surface area contributed by atoms with Gasteiger partial charge in [-0.15, -0.1) is 0 Å². The summed E-state index contributed by atoms with van der Waals surface area (Å²) >= 11 is 0. The molecule has 0 radical (unpaired) electrons. The molecule has 3 heteroatoms. The molecule has 0 amide bonds. The molecule has 0 aromatic heterocycles. The van der Waals surface area contributed by atoms with Gasteiger partial charge in [0.1, 0.15) is 6.67 Å². The van der Waals surface area contributed by atoms with Crippen molar-refractivity contribution in [2.75, 3.05) is 24.7 Å². The zero-order valence-corrected chi connectivity index (χ0v) is 9.41. The molecule has 0 saturated carbocycles. The van der Waals surface area contributed by atoms with Gasteiger partial charge in [-0.2, -0.15) is 0 Å². The Balaban J connectivity index is 2.79. The molecule has 15 heavy (non-hydrogen) atoms. The van der Waals surface area contributed by atoms with Gasteiger partial charge in [-0.25, -0.2) is 4.39 Å². The lowest BCUT2D eigenvalue weighted by Crippen LogP contribution is -2.21. The Morgan fingerprint density at radius 2 is 1.73 bits per heavy atom. The van der Waals surface area contributed by atoms with Crippen LogP contribution < -0.4 is 10.6 Å². The molecule has 0 saturated heterocycles. The topological polar surface area (TPSA) is 29.3 Å². The fourth-order valence-electron chi connectivity index (χ4n) is 1.61. The molecule has 1 aromatic rings. The monoisotopic (exact) mass is 210 g/mol. The lowest BCUT2D eigenvalue weighted by Gasteiger charge is -2.21. The second-order valence-electron chi connectivity index (χ2n) is 3.52. The van der Waals surface area contributed by atoms with Crippen LogP contribution in [0.1, 0.15) is 25.5 Å². The largest absolute Gasteiger partial charge is 0.372 e. The van der Waals surface area contributed by atoms with Crippen molar-refractivity contribution in [1.29, 1.82) is 0 Å². The Hall–Kier alpha value is -1.09. The number of hydrogen-bond acceptors (Lipinski definition) is 2. The van der Waals surface area contributed by atoms with E-state index in [1.54, 1.807) is 0 Å². The molecule has 1 rings (SSSR count). The molecular weight excluding hydrogens is 191 g/mol. The smallest absolute Gasteiger partial charge is 0.109 e. The van der Waals surface area contributed by atoms with Gasteiger partial charge < -0.3 is 10.6 Å². The molecule has 0 spiro atoms. The van der Waals surface area contributed by atoms with Crippen LogP contribution >= 0.6 is 0 Å². The van der Waals surface area contributed by atoms with Crippen LogP contribution in [0.5, 0.6) is 0 Å². The minimum Gasteiger partial charge on any atom is -0.372 e. The minimum atomic E-state index is -0.509. The standard InChI is InChI=1S/C12H19FN2/c1-3-15(4-2)11-7-5-10(6-8-11)12(14)9-13/h5-8,12H,3-4,9,14H2,1-2H3/t12-/m0/s1. The van der Waals surface area contributed by atoms with E-state index in [-0.39, 0.29) is 0 Å². The molecule has 0 aliphatic rings.